The molecule has 4 heteroatoms. The fraction of sp³-hybridized carbons (Fsp3) is 0. The Kier molecular flexibility index (Phi) is 2.02. The molecule has 0 aliphatic heterocycles. The lowest BCUT2D eigenvalue weighted by Gasteiger charge is -1.92. The monoisotopic (exact) mass is 310 g/mol. The minimum absolute atomic E-state index is 0.800. The van der Waals surface area contributed by atoms with Crippen molar-refractivity contribution in [1.29, 1.82) is 0 Å². The topological polar surface area (TPSA) is 30.4 Å². The van der Waals surface area contributed by atoms with Crippen LogP contribution in [0.3, 0.4) is 0 Å². The Bertz CT molecular complexity index is 598. The molecule has 0 amide bonds. The molecule has 3 heterocycles. The predicted molar refractivity (Wildman–Crippen MR) is 65.6 cm³/mol. The second-order valence-electron chi connectivity index (χ2n) is 3.19. The predicted octanol–water partition coefficient (Wildman–Crippen LogP) is 3.20. The summed E-state index contributed by atoms with van der Waals surface area (Å²) in [5.74, 6) is 0.800. The lowest BCUT2D eigenvalue weighted by atomic mass is 10.4. The van der Waals surface area contributed by atoms with Crippen LogP contribution in [0.1, 0.15) is 0 Å². The first-order valence-electron chi connectivity index (χ1n) is 4.52. The first-order chi connectivity index (χ1) is 7.34. The van der Waals surface area contributed by atoms with Gasteiger partial charge in [0.25, 0.3) is 0 Å². The molecule has 0 unspecified atom stereocenters. The Morgan fingerprint density at radius 3 is 2.93 bits per heavy atom. The molecule has 0 N–H and O–H groups in total. The van der Waals surface area contributed by atoms with Crippen LogP contribution in [0.25, 0.3) is 17.1 Å². The van der Waals surface area contributed by atoms with Crippen LogP contribution in [0, 0.1) is 3.57 Å². The molecular formula is C11H7IN2O. The van der Waals surface area contributed by atoms with E-state index < -0.39 is 0 Å². The average Bonchev–Trinajstić information content (AvgIpc) is 2.86. The molecule has 0 spiro atoms. The number of nitrogens with zero attached hydrogens (tertiary/aromatic N) is 2. The van der Waals surface area contributed by atoms with E-state index in [4.69, 9.17) is 4.42 Å². The van der Waals surface area contributed by atoms with Gasteiger partial charge in [-0.1, -0.05) is 0 Å². The van der Waals surface area contributed by atoms with Gasteiger partial charge in [0.2, 0.25) is 0 Å². The van der Waals surface area contributed by atoms with Crippen LogP contribution in [-0.4, -0.2) is 9.38 Å². The Labute approximate surface area is 99.9 Å². The molecule has 3 nitrogen and oxygen atoms in total. The Morgan fingerprint density at radius 2 is 2.20 bits per heavy atom. The van der Waals surface area contributed by atoms with Gasteiger partial charge in [0.15, 0.2) is 11.4 Å². The molecule has 3 aromatic rings. The van der Waals surface area contributed by atoms with Gasteiger partial charge >= 0.3 is 0 Å². The Hall–Kier alpha value is -1.30. The maximum absolute atomic E-state index is 5.31. The summed E-state index contributed by atoms with van der Waals surface area (Å²) in [6.45, 7) is 0. The summed E-state index contributed by atoms with van der Waals surface area (Å²) in [6, 6.07) is 7.82. The Morgan fingerprint density at radius 1 is 1.27 bits per heavy atom. The highest BCUT2D eigenvalue weighted by atomic mass is 127. The SMILES string of the molecule is Ic1cccn2cc(-c3ccco3)nc12. The maximum atomic E-state index is 5.31. The van der Waals surface area contributed by atoms with Crippen molar-refractivity contribution >= 4 is 28.2 Å². The second kappa shape index (κ2) is 3.37. The van der Waals surface area contributed by atoms with Crippen LogP contribution in [0.4, 0.5) is 0 Å². The number of imidazole rings is 1. The van der Waals surface area contributed by atoms with Gasteiger partial charge in [0.05, 0.1) is 9.83 Å². The number of pyridine rings is 1. The normalized spacial score (nSPS) is 11.0. The van der Waals surface area contributed by atoms with Gasteiger partial charge in [0.1, 0.15) is 5.69 Å². The third kappa shape index (κ3) is 1.45. The third-order valence-electron chi connectivity index (χ3n) is 2.21. The van der Waals surface area contributed by atoms with Gasteiger partial charge in [-0.25, -0.2) is 4.98 Å². The molecule has 0 aromatic carbocycles. The lowest BCUT2D eigenvalue weighted by Crippen LogP contribution is -1.83. The van der Waals surface area contributed by atoms with Crippen molar-refractivity contribution in [3.63, 3.8) is 0 Å². The van der Waals surface area contributed by atoms with Crippen molar-refractivity contribution in [2.45, 2.75) is 0 Å². The highest BCUT2D eigenvalue weighted by molar-refractivity contribution is 14.1. The van der Waals surface area contributed by atoms with Gasteiger partial charge < -0.3 is 8.82 Å². The van der Waals surface area contributed by atoms with Gasteiger partial charge in [-0.15, -0.1) is 0 Å². The number of furan rings is 1. The van der Waals surface area contributed by atoms with Crippen LogP contribution in [-0.2, 0) is 0 Å². The molecule has 15 heavy (non-hydrogen) atoms. The van der Waals surface area contributed by atoms with Crippen LogP contribution < -0.4 is 0 Å². The molecule has 0 bridgehead atoms. The van der Waals surface area contributed by atoms with E-state index in [-0.39, 0.29) is 0 Å². The zero-order valence-corrected chi connectivity index (χ0v) is 9.88. The number of hydrogen-bond donors (Lipinski definition) is 0. The molecule has 74 valence electrons. The maximum Gasteiger partial charge on any atom is 0.153 e. The highest BCUT2D eigenvalue weighted by Gasteiger charge is 2.07. The fourth-order valence-corrected chi connectivity index (χ4v) is 2.13. The van der Waals surface area contributed by atoms with Crippen molar-refractivity contribution in [1.82, 2.24) is 9.38 Å². The quantitative estimate of drug-likeness (QED) is 0.646. The largest absolute Gasteiger partial charge is 0.463 e. The van der Waals surface area contributed by atoms with Gasteiger partial charge in [-0.3, -0.25) is 0 Å². The number of aromatic nitrogens is 2. The van der Waals surface area contributed by atoms with Crippen molar-refractivity contribution < 1.29 is 4.42 Å². The van der Waals surface area contributed by atoms with E-state index in [0.717, 1.165) is 20.7 Å². The molecule has 3 rings (SSSR count). The Balaban J connectivity index is 2.27. The molecule has 0 aliphatic carbocycles. The van der Waals surface area contributed by atoms with Gasteiger partial charge in [-0.05, 0) is 46.9 Å². The smallest absolute Gasteiger partial charge is 0.153 e. The molecule has 0 saturated carbocycles. The number of rotatable bonds is 1. The van der Waals surface area contributed by atoms with E-state index in [1.165, 1.54) is 0 Å². The molecule has 0 atom stereocenters. The molecule has 0 saturated heterocycles. The molecule has 0 fully saturated rings. The summed E-state index contributed by atoms with van der Waals surface area (Å²) in [5.41, 5.74) is 1.83. The van der Waals surface area contributed by atoms with Crippen molar-refractivity contribution in [3.8, 4) is 11.5 Å². The van der Waals surface area contributed by atoms with Crippen LogP contribution in [0.15, 0.2) is 47.3 Å². The minimum Gasteiger partial charge on any atom is -0.463 e. The van der Waals surface area contributed by atoms with E-state index >= 15 is 0 Å². The molecule has 0 radical (unpaired) electrons. The highest BCUT2D eigenvalue weighted by Crippen LogP contribution is 2.21. The van der Waals surface area contributed by atoms with E-state index in [1.807, 2.05) is 41.1 Å². The van der Waals surface area contributed by atoms with Crippen molar-refractivity contribution in [2.75, 3.05) is 0 Å². The summed E-state index contributed by atoms with van der Waals surface area (Å²) in [5, 5.41) is 0. The molecule has 0 aliphatic rings. The first kappa shape index (κ1) is 8.96. The zero-order valence-electron chi connectivity index (χ0n) is 7.72. The molecule has 3 aromatic heterocycles. The average molecular weight is 310 g/mol. The van der Waals surface area contributed by atoms with Crippen LogP contribution in [0.5, 0.6) is 0 Å². The van der Waals surface area contributed by atoms with Gasteiger partial charge in [0, 0.05) is 12.4 Å². The summed E-state index contributed by atoms with van der Waals surface area (Å²) < 4.78 is 8.44. The first-order valence-corrected chi connectivity index (χ1v) is 5.59. The van der Waals surface area contributed by atoms with E-state index in [9.17, 15) is 0 Å². The minimum atomic E-state index is 0.800. The number of fused-ring (bicyclic) bond motifs is 1. The van der Waals surface area contributed by atoms with Gasteiger partial charge in [-0.2, -0.15) is 0 Å². The zero-order chi connectivity index (χ0) is 10.3. The number of hydrogen-bond acceptors (Lipinski definition) is 2. The third-order valence-corrected chi connectivity index (χ3v) is 3.05. The van der Waals surface area contributed by atoms with Crippen LogP contribution in [0.2, 0.25) is 0 Å². The standard InChI is InChI=1S/C11H7IN2O/c12-8-3-1-5-14-7-9(13-11(8)14)10-4-2-6-15-10/h1-7H. The van der Waals surface area contributed by atoms with E-state index in [1.54, 1.807) is 6.26 Å². The summed E-state index contributed by atoms with van der Waals surface area (Å²) in [4.78, 5) is 4.52. The van der Waals surface area contributed by atoms with E-state index in [0.29, 0.717) is 0 Å². The second-order valence-corrected chi connectivity index (χ2v) is 4.35. The summed E-state index contributed by atoms with van der Waals surface area (Å²) in [6.07, 6.45) is 5.61. The number of halogens is 1. The van der Waals surface area contributed by atoms with Crippen LogP contribution >= 0.6 is 22.6 Å². The summed E-state index contributed by atoms with van der Waals surface area (Å²) >= 11 is 2.28. The lowest BCUT2D eigenvalue weighted by molar-refractivity contribution is 0.580. The fourth-order valence-electron chi connectivity index (χ4n) is 1.52. The summed E-state index contributed by atoms with van der Waals surface area (Å²) in [7, 11) is 0. The van der Waals surface area contributed by atoms with Crippen molar-refractivity contribution in [3.05, 3.63) is 46.5 Å². The molecular weight excluding hydrogens is 303 g/mol. The van der Waals surface area contributed by atoms with E-state index in [2.05, 4.69) is 27.6 Å². The van der Waals surface area contributed by atoms with Crippen molar-refractivity contribution in [2.24, 2.45) is 0 Å².